The van der Waals surface area contributed by atoms with Crippen molar-refractivity contribution in [2.75, 3.05) is 18.8 Å². The summed E-state index contributed by atoms with van der Waals surface area (Å²) < 4.78 is 0. The van der Waals surface area contributed by atoms with Gasteiger partial charge in [0, 0.05) is 23.5 Å². The number of nitrogens with one attached hydrogen (secondary N) is 1. The van der Waals surface area contributed by atoms with Crippen LogP contribution in [-0.4, -0.2) is 41.7 Å². The van der Waals surface area contributed by atoms with Crippen LogP contribution in [0.1, 0.15) is 19.3 Å². The first-order valence-corrected chi connectivity index (χ1v) is 9.43. The van der Waals surface area contributed by atoms with Crippen LogP contribution in [0.2, 0.25) is 0 Å². The van der Waals surface area contributed by atoms with Crippen LogP contribution in [0.3, 0.4) is 0 Å². The molecule has 0 radical (unpaired) electrons. The maximum atomic E-state index is 12.7. The van der Waals surface area contributed by atoms with Gasteiger partial charge >= 0.3 is 0 Å². The standard InChI is InChI=1S/C19H22N2OS.ClH/c22-19(21-16-6-7-17(21)12-20-10-9-16)13-23-18-8-5-14-3-1-2-4-15(14)11-18;/h1-5,8,11,16-17,20H,6-7,9-10,12-13H2;1H. The molecule has 0 spiro atoms. The highest BCUT2D eigenvalue weighted by atomic mass is 35.5. The third-order valence-corrected chi connectivity index (χ3v) is 6.00. The summed E-state index contributed by atoms with van der Waals surface area (Å²) in [7, 11) is 0. The fourth-order valence-electron chi connectivity index (χ4n) is 3.87. The number of benzene rings is 2. The predicted molar refractivity (Wildman–Crippen MR) is 103 cm³/mol. The van der Waals surface area contributed by atoms with Crippen molar-refractivity contribution in [2.45, 2.75) is 36.2 Å². The van der Waals surface area contributed by atoms with Crippen molar-refractivity contribution in [2.24, 2.45) is 0 Å². The average molecular weight is 363 g/mol. The fraction of sp³-hybridized carbons (Fsp3) is 0.421. The van der Waals surface area contributed by atoms with E-state index in [4.69, 9.17) is 0 Å². The number of carbonyl (C=O) groups is 1. The zero-order valence-corrected chi connectivity index (χ0v) is 15.2. The van der Waals surface area contributed by atoms with E-state index in [9.17, 15) is 4.79 Å². The maximum absolute atomic E-state index is 12.7. The third kappa shape index (κ3) is 3.56. The summed E-state index contributed by atoms with van der Waals surface area (Å²) >= 11 is 1.66. The van der Waals surface area contributed by atoms with E-state index in [1.165, 1.54) is 22.1 Å². The Kier molecular flexibility index (Phi) is 5.69. The molecule has 2 aliphatic rings. The summed E-state index contributed by atoms with van der Waals surface area (Å²) in [6.07, 6.45) is 3.44. The molecule has 24 heavy (non-hydrogen) atoms. The summed E-state index contributed by atoms with van der Waals surface area (Å²) in [4.78, 5) is 16.1. The molecule has 2 heterocycles. The topological polar surface area (TPSA) is 32.3 Å². The van der Waals surface area contributed by atoms with Crippen LogP contribution in [0, 0.1) is 0 Å². The van der Waals surface area contributed by atoms with Gasteiger partial charge < -0.3 is 10.2 Å². The average Bonchev–Trinajstić information content (AvgIpc) is 2.85. The second-order valence-corrected chi connectivity index (χ2v) is 7.53. The number of hydrogen-bond donors (Lipinski definition) is 1. The molecule has 2 atom stereocenters. The Balaban J connectivity index is 0.00000169. The molecule has 4 rings (SSSR count). The highest BCUT2D eigenvalue weighted by Gasteiger charge is 2.37. The Morgan fingerprint density at radius 1 is 1.08 bits per heavy atom. The van der Waals surface area contributed by atoms with Crippen LogP contribution in [0.4, 0.5) is 0 Å². The lowest BCUT2D eigenvalue weighted by atomic mass is 10.1. The lowest BCUT2D eigenvalue weighted by Gasteiger charge is -2.27. The van der Waals surface area contributed by atoms with Gasteiger partial charge in [-0.1, -0.05) is 30.3 Å². The predicted octanol–water partition coefficient (Wildman–Crippen LogP) is 3.71. The van der Waals surface area contributed by atoms with Gasteiger partial charge in [0.2, 0.25) is 5.91 Å². The first kappa shape index (κ1) is 17.6. The Labute approximate surface area is 153 Å². The quantitative estimate of drug-likeness (QED) is 0.845. The molecular weight excluding hydrogens is 340 g/mol. The molecule has 3 nitrogen and oxygen atoms in total. The first-order valence-electron chi connectivity index (χ1n) is 8.45. The molecule has 0 aliphatic carbocycles. The van der Waals surface area contributed by atoms with Crippen LogP contribution >= 0.6 is 24.2 Å². The Morgan fingerprint density at radius 3 is 2.75 bits per heavy atom. The van der Waals surface area contributed by atoms with Gasteiger partial charge in [-0.2, -0.15) is 0 Å². The van der Waals surface area contributed by atoms with Crippen molar-refractivity contribution >= 4 is 40.8 Å². The summed E-state index contributed by atoms with van der Waals surface area (Å²) in [6.45, 7) is 2.01. The van der Waals surface area contributed by atoms with Gasteiger partial charge in [0.15, 0.2) is 0 Å². The zero-order chi connectivity index (χ0) is 15.6. The summed E-state index contributed by atoms with van der Waals surface area (Å²) in [5, 5.41) is 5.95. The number of rotatable bonds is 3. The van der Waals surface area contributed by atoms with Crippen molar-refractivity contribution in [3.63, 3.8) is 0 Å². The van der Waals surface area contributed by atoms with Crippen molar-refractivity contribution in [1.82, 2.24) is 10.2 Å². The van der Waals surface area contributed by atoms with E-state index < -0.39 is 0 Å². The van der Waals surface area contributed by atoms with Crippen LogP contribution < -0.4 is 5.32 Å². The third-order valence-electron chi connectivity index (χ3n) is 5.03. The van der Waals surface area contributed by atoms with Gasteiger partial charge in [-0.3, -0.25) is 4.79 Å². The van der Waals surface area contributed by atoms with E-state index in [1.54, 1.807) is 11.8 Å². The molecule has 1 amide bonds. The van der Waals surface area contributed by atoms with E-state index >= 15 is 0 Å². The van der Waals surface area contributed by atoms with Gasteiger partial charge in [-0.15, -0.1) is 24.2 Å². The van der Waals surface area contributed by atoms with Gasteiger partial charge in [-0.05, 0) is 48.7 Å². The van der Waals surface area contributed by atoms with Crippen molar-refractivity contribution in [3.8, 4) is 0 Å². The van der Waals surface area contributed by atoms with E-state index in [1.807, 2.05) is 0 Å². The van der Waals surface area contributed by atoms with Crippen molar-refractivity contribution in [1.29, 1.82) is 0 Å². The zero-order valence-electron chi connectivity index (χ0n) is 13.6. The number of nitrogens with zero attached hydrogens (tertiary/aromatic N) is 1. The van der Waals surface area contributed by atoms with Gasteiger partial charge in [0.05, 0.1) is 5.75 Å². The second kappa shape index (κ2) is 7.77. The normalized spacial score (nSPS) is 22.9. The minimum Gasteiger partial charge on any atom is -0.335 e. The SMILES string of the molecule is Cl.O=C(CSc1ccc2ccccc2c1)N1C2CCNCC1CC2. The van der Waals surface area contributed by atoms with Gasteiger partial charge in [-0.25, -0.2) is 0 Å². The smallest absolute Gasteiger partial charge is 0.233 e. The maximum Gasteiger partial charge on any atom is 0.233 e. The van der Waals surface area contributed by atoms with Crippen LogP contribution in [0.15, 0.2) is 47.4 Å². The van der Waals surface area contributed by atoms with Crippen LogP contribution in [0.25, 0.3) is 10.8 Å². The Bertz CT molecular complexity index is 709. The Hall–Kier alpha value is -1.23. The molecule has 128 valence electrons. The van der Waals surface area contributed by atoms with Crippen LogP contribution in [0.5, 0.6) is 0 Å². The van der Waals surface area contributed by atoms with Crippen molar-refractivity contribution < 1.29 is 4.79 Å². The number of halogens is 1. The number of carbonyl (C=O) groups excluding carboxylic acids is 1. The molecule has 0 saturated carbocycles. The van der Waals surface area contributed by atoms with E-state index in [0.717, 1.165) is 25.9 Å². The first-order chi connectivity index (χ1) is 11.3. The van der Waals surface area contributed by atoms with E-state index in [0.29, 0.717) is 23.7 Å². The largest absolute Gasteiger partial charge is 0.335 e. The molecule has 0 aromatic heterocycles. The highest BCUT2D eigenvalue weighted by Crippen LogP contribution is 2.30. The van der Waals surface area contributed by atoms with E-state index in [2.05, 4.69) is 52.7 Å². The number of fused-ring (bicyclic) bond motifs is 3. The molecular formula is C19H23ClN2OS. The van der Waals surface area contributed by atoms with Crippen LogP contribution in [-0.2, 0) is 4.79 Å². The Morgan fingerprint density at radius 2 is 1.88 bits per heavy atom. The van der Waals surface area contributed by atoms with E-state index in [-0.39, 0.29) is 12.4 Å². The molecule has 2 aromatic rings. The molecule has 2 bridgehead atoms. The lowest BCUT2D eigenvalue weighted by molar-refractivity contribution is -0.130. The molecule has 2 unspecified atom stereocenters. The monoisotopic (exact) mass is 362 g/mol. The molecule has 2 aromatic carbocycles. The molecule has 2 fully saturated rings. The second-order valence-electron chi connectivity index (χ2n) is 6.48. The number of hydrogen-bond acceptors (Lipinski definition) is 3. The lowest BCUT2D eigenvalue weighted by Crippen LogP contribution is -2.43. The molecule has 5 heteroatoms. The fourth-order valence-corrected chi connectivity index (χ4v) is 4.68. The molecule has 2 saturated heterocycles. The molecule has 2 aliphatic heterocycles. The molecule has 1 N–H and O–H groups in total. The van der Waals surface area contributed by atoms with Crippen molar-refractivity contribution in [3.05, 3.63) is 42.5 Å². The van der Waals surface area contributed by atoms with Gasteiger partial charge in [0.1, 0.15) is 0 Å². The highest BCUT2D eigenvalue weighted by molar-refractivity contribution is 8.00. The van der Waals surface area contributed by atoms with Gasteiger partial charge in [0.25, 0.3) is 0 Å². The minimum atomic E-state index is 0. The minimum absolute atomic E-state index is 0. The number of amides is 1. The summed E-state index contributed by atoms with van der Waals surface area (Å²) in [6, 6.07) is 15.7. The summed E-state index contributed by atoms with van der Waals surface area (Å²) in [5.41, 5.74) is 0. The number of thioether (sulfide) groups is 1. The summed E-state index contributed by atoms with van der Waals surface area (Å²) in [5.74, 6) is 0.852.